The van der Waals surface area contributed by atoms with Crippen LogP contribution in [0.3, 0.4) is 0 Å². The number of carboxylic acid groups (broad SMARTS) is 1. The van der Waals surface area contributed by atoms with Crippen molar-refractivity contribution in [2.45, 2.75) is 20.0 Å². The van der Waals surface area contributed by atoms with E-state index in [0.717, 1.165) is 23.9 Å². The number of hydrogen-bond donors (Lipinski definition) is 2. The molecule has 2 heterocycles. The number of aromatic nitrogens is 2. The molecular weight excluding hydrogens is 586 g/mol. The van der Waals surface area contributed by atoms with E-state index < -0.39 is 69.8 Å². The van der Waals surface area contributed by atoms with Crippen molar-refractivity contribution in [3.63, 3.8) is 0 Å². The van der Waals surface area contributed by atoms with Crippen LogP contribution in [0, 0.1) is 30.2 Å². The maximum atomic E-state index is 15.4. The average Bonchev–Trinajstić information content (AvgIpc) is 3.35. The molecule has 224 valence electrons. The molecule has 0 saturated heterocycles. The fourth-order valence-electron chi connectivity index (χ4n) is 4.27. The van der Waals surface area contributed by atoms with Crippen molar-refractivity contribution in [1.82, 2.24) is 10.1 Å². The predicted octanol–water partition coefficient (Wildman–Crippen LogP) is 8.07. The van der Waals surface area contributed by atoms with Gasteiger partial charge in [0.15, 0.2) is 17.4 Å². The van der Waals surface area contributed by atoms with Crippen LogP contribution in [0.2, 0.25) is 0 Å². The average molecular weight is 608 g/mol. The Hall–Kier alpha value is -5.72. The highest BCUT2D eigenvalue weighted by Crippen LogP contribution is 2.38. The minimum atomic E-state index is -1.44. The lowest BCUT2D eigenvalue weighted by atomic mass is 10.0. The van der Waals surface area contributed by atoms with Gasteiger partial charge < -0.3 is 19.1 Å². The SMILES string of the molecule is Cc1noc(-c2cc(F)c(-c3cc(F)c(Oc4ncccc4C(=O)O)c(F)c3)cc2F)c1NC(=O)O[C@H](C)c1ccccc1. The summed E-state index contributed by atoms with van der Waals surface area (Å²) in [6, 6.07) is 14.1. The van der Waals surface area contributed by atoms with Gasteiger partial charge in [-0.05, 0) is 61.4 Å². The number of anilines is 1. The minimum absolute atomic E-state index is 0.0739. The first-order valence-electron chi connectivity index (χ1n) is 12.9. The number of ether oxygens (including phenoxy) is 2. The zero-order valence-corrected chi connectivity index (χ0v) is 22.9. The van der Waals surface area contributed by atoms with Gasteiger partial charge in [-0.3, -0.25) is 5.32 Å². The Balaban J connectivity index is 1.41. The molecule has 3 aromatic carbocycles. The van der Waals surface area contributed by atoms with Crippen molar-refractivity contribution in [2.75, 3.05) is 5.32 Å². The lowest BCUT2D eigenvalue weighted by Crippen LogP contribution is -2.16. The Morgan fingerprint density at radius 2 is 1.57 bits per heavy atom. The van der Waals surface area contributed by atoms with Crippen molar-refractivity contribution in [1.29, 1.82) is 0 Å². The van der Waals surface area contributed by atoms with Crippen LogP contribution in [0.4, 0.5) is 28.0 Å². The summed E-state index contributed by atoms with van der Waals surface area (Å²) in [5, 5.41) is 15.4. The van der Waals surface area contributed by atoms with Crippen molar-refractivity contribution >= 4 is 17.7 Å². The topological polar surface area (TPSA) is 124 Å². The van der Waals surface area contributed by atoms with Gasteiger partial charge in [-0.2, -0.15) is 0 Å². The molecule has 9 nitrogen and oxygen atoms in total. The Bertz CT molecular complexity index is 1860. The summed E-state index contributed by atoms with van der Waals surface area (Å²) in [5.74, 6) is -8.13. The number of nitrogens with one attached hydrogen (secondary N) is 1. The van der Waals surface area contributed by atoms with Gasteiger partial charge in [-0.15, -0.1) is 0 Å². The smallest absolute Gasteiger partial charge is 0.412 e. The fourth-order valence-corrected chi connectivity index (χ4v) is 4.27. The third-order valence-corrected chi connectivity index (χ3v) is 6.45. The van der Waals surface area contributed by atoms with Gasteiger partial charge in [0.2, 0.25) is 11.6 Å². The minimum Gasteiger partial charge on any atom is -0.477 e. The van der Waals surface area contributed by atoms with Crippen LogP contribution in [0.5, 0.6) is 11.6 Å². The molecule has 1 amide bonds. The molecule has 0 saturated carbocycles. The maximum Gasteiger partial charge on any atom is 0.412 e. The second-order valence-corrected chi connectivity index (χ2v) is 9.40. The van der Waals surface area contributed by atoms with Crippen LogP contribution >= 0.6 is 0 Å². The molecule has 0 aliphatic heterocycles. The number of halogens is 4. The molecule has 0 aliphatic carbocycles. The quantitative estimate of drug-likeness (QED) is 0.170. The van der Waals surface area contributed by atoms with Crippen LogP contribution in [0.15, 0.2) is 77.4 Å². The summed E-state index contributed by atoms with van der Waals surface area (Å²) < 4.78 is 76.2. The number of pyridine rings is 1. The van der Waals surface area contributed by atoms with Gasteiger partial charge >= 0.3 is 12.1 Å². The van der Waals surface area contributed by atoms with Gasteiger partial charge in [0.05, 0.1) is 5.56 Å². The number of nitrogens with zero attached hydrogens (tertiary/aromatic N) is 2. The van der Waals surface area contributed by atoms with Gasteiger partial charge in [0, 0.05) is 11.8 Å². The normalized spacial score (nSPS) is 11.6. The zero-order valence-electron chi connectivity index (χ0n) is 22.9. The number of aromatic carboxylic acids is 1. The number of amides is 1. The third-order valence-electron chi connectivity index (χ3n) is 6.45. The van der Waals surface area contributed by atoms with Crippen molar-refractivity contribution in [2.24, 2.45) is 0 Å². The van der Waals surface area contributed by atoms with Crippen molar-refractivity contribution in [3.05, 3.63) is 113 Å². The molecule has 5 aromatic rings. The lowest BCUT2D eigenvalue weighted by Gasteiger charge is -2.14. The molecule has 2 N–H and O–H groups in total. The summed E-state index contributed by atoms with van der Waals surface area (Å²) in [7, 11) is 0. The van der Waals surface area contributed by atoms with Gasteiger partial charge in [0.1, 0.15) is 34.7 Å². The van der Waals surface area contributed by atoms with E-state index in [0.29, 0.717) is 18.2 Å². The highest BCUT2D eigenvalue weighted by molar-refractivity contribution is 5.91. The first kappa shape index (κ1) is 29.8. The molecular formula is C31H21F4N3O6. The number of carbonyl (C=O) groups is 2. The monoisotopic (exact) mass is 607 g/mol. The third kappa shape index (κ3) is 6.07. The van der Waals surface area contributed by atoms with Crippen LogP contribution in [-0.4, -0.2) is 27.3 Å². The molecule has 0 unspecified atom stereocenters. The second-order valence-electron chi connectivity index (χ2n) is 9.40. The highest BCUT2D eigenvalue weighted by Gasteiger charge is 2.25. The molecule has 0 fully saturated rings. The van der Waals surface area contributed by atoms with E-state index in [1.54, 1.807) is 37.3 Å². The Kier molecular flexibility index (Phi) is 8.29. The van der Waals surface area contributed by atoms with Gasteiger partial charge in [0.25, 0.3) is 0 Å². The van der Waals surface area contributed by atoms with E-state index in [9.17, 15) is 23.5 Å². The molecule has 44 heavy (non-hydrogen) atoms. The molecule has 5 rings (SSSR count). The van der Waals surface area contributed by atoms with E-state index in [1.807, 2.05) is 0 Å². The van der Waals surface area contributed by atoms with E-state index in [2.05, 4.69) is 15.5 Å². The van der Waals surface area contributed by atoms with E-state index in [-0.39, 0.29) is 22.7 Å². The maximum absolute atomic E-state index is 15.4. The highest BCUT2D eigenvalue weighted by atomic mass is 19.1. The standard InChI is InChI=1S/C31H21F4N3O6/c1-15-26(37-31(41)42-16(2)17-7-4-3-5-8-17)27(44-38-15)21-14-22(32)20(13-23(21)33)18-11-24(34)28(25(35)12-18)43-29-19(30(39)40)9-6-10-36-29/h3-14,16H,1-2H3,(H,37,41)(H,39,40)/t16-/m1/s1. The first-order valence-corrected chi connectivity index (χ1v) is 12.9. The number of aryl methyl sites for hydroxylation is 1. The van der Waals surface area contributed by atoms with E-state index >= 15 is 8.78 Å². The number of rotatable bonds is 8. The van der Waals surface area contributed by atoms with Gasteiger partial charge in [-0.25, -0.2) is 32.1 Å². The summed E-state index contributed by atoms with van der Waals surface area (Å²) in [5.41, 5.74) is -0.989. The molecule has 0 bridgehead atoms. The molecule has 0 aliphatic rings. The Morgan fingerprint density at radius 3 is 2.25 bits per heavy atom. The van der Waals surface area contributed by atoms with Crippen LogP contribution in [0.25, 0.3) is 22.5 Å². The lowest BCUT2D eigenvalue weighted by molar-refractivity contribution is 0.0692. The summed E-state index contributed by atoms with van der Waals surface area (Å²) in [4.78, 5) is 27.6. The first-order chi connectivity index (χ1) is 21.0. The molecule has 13 heteroatoms. The van der Waals surface area contributed by atoms with Gasteiger partial charge in [-0.1, -0.05) is 35.5 Å². The van der Waals surface area contributed by atoms with E-state index in [4.69, 9.17) is 14.0 Å². The van der Waals surface area contributed by atoms with Crippen molar-refractivity contribution in [3.8, 4) is 34.1 Å². The number of benzene rings is 3. The van der Waals surface area contributed by atoms with Crippen LogP contribution < -0.4 is 10.1 Å². The Labute approximate surface area is 246 Å². The van der Waals surface area contributed by atoms with Crippen LogP contribution in [0.1, 0.15) is 34.6 Å². The van der Waals surface area contributed by atoms with E-state index in [1.165, 1.54) is 13.0 Å². The van der Waals surface area contributed by atoms with Crippen molar-refractivity contribution < 1.29 is 46.3 Å². The summed E-state index contributed by atoms with van der Waals surface area (Å²) >= 11 is 0. The number of carboxylic acids is 1. The second kappa shape index (κ2) is 12.3. The number of carbonyl (C=O) groups excluding carboxylic acids is 1. The molecule has 2 aromatic heterocycles. The fraction of sp³-hybridized carbons (Fsp3) is 0.0968. The number of hydrogen-bond acceptors (Lipinski definition) is 7. The molecule has 1 atom stereocenters. The molecule has 0 radical (unpaired) electrons. The molecule has 0 spiro atoms. The van der Waals surface area contributed by atoms with Crippen LogP contribution in [-0.2, 0) is 4.74 Å². The summed E-state index contributed by atoms with van der Waals surface area (Å²) in [6.45, 7) is 3.12. The zero-order chi connectivity index (χ0) is 31.5. The summed E-state index contributed by atoms with van der Waals surface area (Å²) in [6.07, 6.45) is -0.369. The largest absolute Gasteiger partial charge is 0.477 e. The predicted molar refractivity (Wildman–Crippen MR) is 148 cm³/mol. The Morgan fingerprint density at radius 1 is 0.909 bits per heavy atom.